The first kappa shape index (κ1) is 45.3. The SMILES string of the molecule is CCCCCC/C=C\CCCCCCCCC(O)C(=O)NC(CO)C(O)/C=C/CC/C=C/CC/C=C/CCCCCCCCCCC. The van der Waals surface area contributed by atoms with Crippen LogP contribution in [0.2, 0.25) is 0 Å². The summed E-state index contributed by atoms with van der Waals surface area (Å²) < 4.78 is 0. The van der Waals surface area contributed by atoms with Crippen LogP contribution in [0.25, 0.3) is 0 Å². The lowest BCUT2D eigenvalue weighted by atomic mass is 10.0. The number of hydrogen-bond donors (Lipinski definition) is 4. The minimum atomic E-state index is -1.11. The van der Waals surface area contributed by atoms with Crippen molar-refractivity contribution in [3.8, 4) is 0 Å². The highest BCUT2D eigenvalue weighted by atomic mass is 16.3. The molecule has 0 radical (unpaired) electrons. The van der Waals surface area contributed by atoms with Gasteiger partial charge in [-0.3, -0.25) is 4.79 Å². The van der Waals surface area contributed by atoms with Crippen molar-refractivity contribution in [1.29, 1.82) is 0 Å². The Morgan fingerprint density at radius 3 is 1.32 bits per heavy atom. The van der Waals surface area contributed by atoms with Crippen LogP contribution in [-0.2, 0) is 4.79 Å². The van der Waals surface area contributed by atoms with Crippen molar-refractivity contribution in [2.75, 3.05) is 6.61 Å². The van der Waals surface area contributed by atoms with Crippen molar-refractivity contribution in [2.45, 2.75) is 205 Å². The van der Waals surface area contributed by atoms with E-state index in [0.717, 1.165) is 51.4 Å². The maximum Gasteiger partial charge on any atom is 0.249 e. The number of carbonyl (C=O) groups is 1. The summed E-state index contributed by atoms with van der Waals surface area (Å²) in [5, 5.41) is 33.0. The molecule has 0 spiro atoms. The van der Waals surface area contributed by atoms with Crippen LogP contribution in [0, 0.1) is 0 Å². The summed E-state index contributed by atoms with van der Waals surface area (Å²) in [6.45, 7) is 4.13. The van der Waals surface area contributed by atoms with Gasteiger partial charge in [-0.05, 0) is 70.6 Å². The van der Waals surface area contributed by atoms with E-state index in [1.54, 1.807) is 6.08 Å². The lowest BCUT2D eigenvalue weighted by Gasteiger charge is -2.21. The minimum Gasteiger partial charge on any atom is -0.394 e. The molecule has 47 heavy (non-hydrogen) atoms. The quantitative estimate of drug-likeness (QED) is 0.0402. The Labute approximate surface area is 291 Å². The number of nitrogens with one attached hydrogen (secondary N) is 1. The Bertz CT molecular complexity index is 775. The Morgan fingerprint density at radius 2 is 0.872 bits per heavy atom. The van der Waals surface area contributed by atoms with Crippen molar-refractivity contribution in [3.63, 3.8) is 0 Å². The van der Waals surface area contributed by atoms with Crippen LogP contribution in [0.15, 0.2) is 48.6 Å². The van der Waals surface area contributed by atoms with E-state index in [4.69, 9.17) is 0 Å². The van der Waals surface area contributed by atoms with Gasteiger partial charge in [0.1, 0.15) is 6.10 Å². The normalized spacial score (nSPS) is 14.2. The molecule has 5 nitrogen and oxygen atoms in total. The zero-order chi connectivity index (χ0) is 34.5. The molecule has 0 aliphatic carbocycles. The van der Waals surface area contributed by atoms with Gasteiger partial charge in [-0.1, -0.05) is 165 Å². The molecule has 0 rings (SSSR count). The lowest BCUT2D eigenvalue weighted by Crippen LogP contribution is -2.48. The lowest BCUT2D eigenvalue weighted by molar-refractivity contribution is -0.131. The number of aliphatic hydroxyl groups excluding tert-OH is 3. The standard InChI is InChI=1S/C42H77NO4/c1-3-5-7-9-11-13-15-17-19-20-21-22-23-25-26-28-30-32-34-36-40(45)39(38-44)43-42(47)41(46)37-35-33-31-29-27-24-18-16-14-12-10-8-6-4-2/h14,16,21-22,26,28,34,36,39-41,44-46H,3-13,15,17-20,23-25,27,29-33,35,37-38H2,1-2H3,(H,43,47)/b16-14-,22-21+,28-26+,36-34+. The molecular weight excluding hydrogens is 582 g/mol. The first-order valence-electron chi connectivity index (χ1n) is 20.0. The fourth-order valence-electron chi connectivity index (χ4n) is 5.68. The van der Waals surface area contributed by atoms with E-state index in [0.29, 0.717) is 6.42 Å². The van der Waals surface area contributed by atoms with Crippen LogP contribution >= 0.6 is 0 Å². The van der Waals surface area contributed by atoms with Gasteiger partial charge < -0.3 is 20.6 Å². The summed E-state index contributed by atoms with van der Waals surface area (Å²) >= 11 is 0. The Kier molecular flexibility index (Phi) is 35.8. The topological polar surface area (TPSA) is 89.8 Å². The molecule has 3 atom stereocenters. The van der Waals surface area contributed by atoms with Crippen molar-refractivity contribution >= 4 is 5.91 Å². The minimum absolute atomic E-state index is 0.384. The number of allylic oxidation sites excluding steroid dienone is 7. The molecule has 0 saturated carbocycles. The highest BCUT2D eigenvalue weighted by Crippen LogP contribution is 2.13. The molecule has 4 N–H and O–H groups in total. The predicted octanol–water partition coefficient (Wildman–Crippen LogP) is 11.0. The number of hydrogen-bond acceptors (Lipinski definition) is 4. The molecule has 0 fully saturated rings. The van der Waals surface area contributed by atoms with Crippen LogP contribution in [0.4, 0.5) is 0 Å². The number of rotatable bonds is 35. The molecule has 0 aromatic rings. The second-order valence-corrected chi connectivity index (χ2v) is 13.5. The molecule has 3 unspecified atom stereocenters. The summed E-state index contributed by atoms with van der Waals surface area (Å²) in [6.07, 6.45) is 47.0. The summed E-state index contributed by atoms with van der Waals surface area (Å²) in [5.74, 6) is -0.525. The van der Waals surface area contributed by atoms with E-state index in [2.05, 4.69) is 55.6 Å². The van der Waals surface area contributed by atoms with Gasteiger partial charge >= 0.3 is 0 Å². The number of aliphatic hydroxyl groups is 3. The van der Waals surface area contributed by atoms with Gasteiger partial charge in [0, 0.05) is 0 Å². The van der Waals surface area contributed by atoms with E-state index in [1.807, 2.05) is 6.08 Å². The molecule has 274 valence electrons. The van der Waals surface area contributed by atoms with Gasteiger partial charge in [0.2, 0.25) is 5.91 Å². The number of amides is 1. The second-order valence-electron chi connectivity index (χ2n) is 13.5. The largest absolute Gasteiger partial charge is 0.394 e. The zero-order valence-corrected chi connectivity index (χ0v) is 30.9. The van der Waals surface area contributed by atoms with E-state index < -0.39 is 24.2 Å². The smallest absolute Gasteiger partial charge is 0.249 e. The maximum absolute atomic E-state index is 12.4. The monoisotopic (exact) mass is 660 g/mol. The molecule has 1 amide bonds. The Morgan fingerprint density at radius 1 is 0.511 bits per heavy atom. The molecule has 0 aliphatic rings. The number of unbranched alkanes of at least 4 members (excludes halogenated alkanes) is 21. The predicted molar refractivity (Wildman–Crippen MR) is 204 cm³/mol. The molecule has 5 heteroatoms. The van der Waals surface area contributed by atoms with Crippen LogP contribution in [0.1, 0.15) is 187 Å². The molecule has 0 aliphatic heterocycles. The molecule has 0 aromatic carbocycles. The Balaban J connectivity index is 3.82. The van der Waals surface area contributed by atoms with Gasteiger partial charge in [-0.25, -0.2) is 0 Å². The third kappa shape index (κ3) is 32.6. The van der Waals surface area contributed by atoms with Gasteiger partial charge in [0.15, 0.2) is 0 Å². The first-order chi connectivity index (χ1) is 23.1. The fourth-order valence-corrected chi connectivity index (χ4v) is 5.68. The first-order valence-corrected chi connectivity index (χ1v) is 20.0. The van der Waals surface area contributed by atoms with Gasteiger partial charge in [0.25, 0.3) is 0 Å². The third-order valence-electron chi connectivity index (χ3n) is 8.87. The summed E-state index contributed by atoms with van der Waals surface area (Å²) in [7, 11) is 0. The summed E-state index contributed by atoms with van der Waals surface area (Å²) in [4.78, 5) is 12.4. The zero-order valence-electron chi connectivity index (χ0n) is 30.9. The van der Waals surface area contributed by atoms with Crippen molar-refractivity contribution in [1.82, 2.24) is 5.32 Å². The van der Waals surface area contributed by atoms with E-state index in [1.165, 1.54) is 116 Å². The van der Waals surface area contributed by atoms with E-state index >= 15 is 0 Å². The third-order valence-corrected chi connectivity index (χ3v) is 8.87. The van der Waals surface area contributed by atoms with Gasteiger partial charge in [-0.2, -0.15) is 0 Å². The van der Waals surface area contributed by atoms with Crippen LogP contribution in [0.5, 0.6) is 0 Å². The molecule has 0 bridgehead atoms. The van der Waals surface area contributed by atoms with Crippen molar-refractivity contribution < 1.29 is 20.1 Å². The van der Waals surface area contributed by atoms with Gasteiger partial charge in [-0.15, -0.1) is 0 Å². The highest BCUT2D eigenvalue weighted by Gasteiger charge is 2.22. The maximum atomic E-state index is 12.4. The average molecular weight is 660 g/mol. The van der Waals surface area contributed by atoms with E-state index in [-0.39, 0.29) is 6.61 Å². The van der Waals surface area contributed by atoms with Crippen LogP contribution in [0.3, 0.4) is 0 Å². The molecular formula is C42H77NO4. The molecule has 0 aromatic heterocycles. The highest BCUT2D eigenvalue weighted by molar-refractivity contribution is 5.80. The summed E-state index contributed by atoms with van der Waals surface area (Å²) in [6, 6.07) is -0.823. The van der Waals surface area contributed by atoms with Crippen molar-refractivity contribution in [2.24, 2.45) is 0 Å². The fraction of sp³-hybridized carbons (Fsp3) is 0.786. The average Bonchev–Trinajstić information content (AvgIpc) is 3.07. The molecule has 0 saturated heterocycles. The molecule has 0 heterocycles. The van der Waals surface area contributed by atoms with E-state index in [9.17, 15) is 20.1 Å². The van der Waals surface area contributed by atoms with Crippen molar-refractivity contribution in [3.05, 3.63) is 48.6 Å². The summed E-state index contributed by atoms with van der Waals surface area (Å²) in [5.41, 5.74) is 0. The Hall–Kier alpha value is -1.69. The van der Waals surface area contributed by atoms with Gasteiger partial charge in [0.05, 0.1) is 18.8 Å². The van der Waals surface area contributed by atoms with Crippen LogP contribution in [-0.4, -0.2) is 46.1 Å². The second kappa shape index (κ2) is 37.1. The van der Waals surface area contributed by atoms with Crippen LogP contribution < -0.4 is 5.32 Å². The number of carbonyl (C=O) groups excluding carboxylic acids is 1.